The molecule has 43 heavy (non-hydrogen) atoms. The molecule has 1 N–H and O–H groups in total. The second-order valence-electron chi connectivity index (χ2n) is 12.2. The summed E-state index contributed by atoms with van der Waals surface area (Å²) in [6.45, 7) is 7.02. The van der Waals surface area contributed by atoms with Crippen molar-refractivity contribution in [2.24, 2.45) is 17.8 Å². The van der Waals surface area contributed by atoms with Crippen molar-refractivity contribution in [1.82, 2.24) is 4.98 Å². The molecule has 8 heteroatoms. The molecule has 1 aliphatic carbocycles. The highest BCUT2D eigenvalue weighted by Gasteiger charge is 2.34. The Kier molecular flexibility index (Phi) is 9.85. The molecule has 228 valence electrons. The number of piperidine rings is 1. The summed E-state index contributed by atoms with van der Waals surface area (Å²) in [5.74, 6) is 1.63. The minimum absolute atomic E-state index is 0.0126. The van der Waals surface area contributed by atoms with Crippen molar-refractivity contribution in [2.45, 2.75) is 51.9 Å². The number of anilines is 2. The van der Waals surface area contributed by atoms with Crippen LogP contribution in [0.2, 0.25) is 0 Å². The number of carboxylic acids is 1. The maximum Gasteiger partial charge on any atom is 0.303 e. The van der Waals surface area contributed by atoms with Gasteiger partial charge in [0.15, 0.2) is 0 Å². The maximum absolute atomic E-state index is 14.0. The second kappa shape index (κ2) is 13.9. The molecule has 0 bridgehead atoms. The van der Waals surface area contributed by atoms with Gasteiger partial charge in [-0.3, -0.25) is 9.59 Å². The molecule has 1 saturated carbocycles. The number of methoxy groups -OCH3 is 1. The molecule has 2 aliphatic rings. The van der Waals surface area contributed by atoms with Gasteiger partial charge in [-0.15, -0.1) is 0 Å². The van der Waals surface area contributed by atoms with Crippen molar-refractivity contribution in [3.05, 3.63) is 78.0 Å². The Morgan fingerprint density at radius 3 is 2.42 bits per heavy atom. The number of hydrogen-bond donors (Lipinski definition) is 1. The molecular formula is C35H43N3O5. The average Bonchev–Trinajstić information content (AvgIpc) is 3.87. The van der Waals surface area contributed by atoms with Crippen molar-refractivity contribution >= 4 is 23.3 Å². The molecule has 2 fully saturated rings. The first-order valence-electron chi connectivity index (χ1n) is 15.4. The summed E-state index contributed by atoms with van der Waals surface area (Å²) in [5.41, 5.74) is 3.46. The molecule has 3 aromatic rings. The number of benzene rings is 2. The van der Waals surface area contributed by atoms with E-state index in [1.807, 2.05) is 65.6 Å². The normalized spacial score (nSPS) is 16.1. The minimum Gasteiger partial charge on any atom is -0.497 e. The van der Waals surface area contributed by atoms with E-state index in [0.717, 1.165) is 61.5 Å². The maximum atomic E-state index is 14.0. The van der Waals surface area contributed by atoms with Crippen molar-refractivity contribution < 1.29 is 24.2 Å². The summed E-state index contributed by atoms with van der Waals surface area (Å²) in [7, 11) is 1.65. The average molecular weight is 586 g/mol. The van der Waals surface area contributed by atoms with Crippen molar-refractivity contribution in [3.63, 3.8) is 0 Å². The van der Waals surface area contributed by atoms with E-state index < -0.39 is 5.97 Å². The number of aliphatic carboxylic acids is 1. The topological polar surface area (TPSA) is 92.2 Å². The molecule has 2 aromatic carbocycles. The van der Waals surface area contributed by atoms with Crippen LogP contribution in [0, 0.1) is 17.8 Å². The molecule has 5 rings (SSSR count). The number of ether oxygens (including phenoxy) is 2. The Morgan fingerprint density at radius 2 is 1.77 bits per heavy atom. The van der Waals surface area contributed by atoms with Gasteiger partial charge < -0.3 is 24.4 Å². The zero-order valence-electron chi connectivity index (χ0n) is 25.4. The van der Waals surface area contributed by atoms with E-state index in [4.69, 9.17) is 9.47 Å². The van der Waals surface area contributed by atoms with E-state index >= 15 is 0 Å². The van der Waals surface area contributed by atoms with E-state index in [1.165, 1.54) is 0 Å². The number of para-hydroxylation sites is 1. The van der Waals surface area contributed by atoms with E-state index in [-0.39, 0.29) is 18.2 Å². The number of aromatic nitrogens is 1. The molecule has 0 radical (unpaired) electrons. The van der Waals surface area contributed by atoms with Crippen LogP contribution in [0.5, 0.6) is 11.6 Å². The molecule has 1 atom stereocenters. The van der Waals surface area contributed by atoms with Crippen LogP contribution in [-0.2, 0) is 4.79 Å². The van der Waals surface area contributed by atoms with Gasteiger partial charge in [0.2, 0.25) is 5.88 Å². The first kappa shape index (κ1) is 30.4. The van der Waals surface area contributed by atoms with Crippen LogP contribution in [0.15, 0.2) is 66.9 Å². The minimum atomic E-state index is -0.767. The zero-order valence-corrected chi connectivity index (χ0v) is 25.4. The highest BCUT2D eigenvalue weighted by atomic mass is 16.5. The number of carbonyl (C=O) groups is 2. The smallest absolute Gasteiger partial charge is 0.303 e. The van der Waals surface area contributed by atoms with Gasteiger partial charge in [0.1, 0.15) is 5.75 Å². The van der Waals surface area contributed by atoms with Gasteiger partial charge in [-0.1, -0.05) is 32.0 Å². The van der Waals surface area contributed by atoms with Gasteiger partial charge in [0, 0.05) is 43.7 Å². The number of rotatable bonds is 13. The number of pyridine rings is 1. The predicted molar refractivity (Wildman–Crippen MR) is 168 cm³/mol. The summed E-state index contributed by atoms with van der Waals surface area (Å²) >= 11 is 0. The highest BCUT2D eigenvalue weighted by Crippen LogP contribution is 2.45. The van der Waals surface area contributed by atoms with E-state index in [0.29, 0.717) is 42.3 Å². The van der Waals surface area contributed by atoms with Gasteiger partial charge in [0.25, 0.3) is 5.91 Å². The standard InChI is InChI=1S/C35H43N3O5/c1-24(2)22-38(28-7-5-4-6-8-28)35(41)30-12-11-29(42-3)20-32(30)37-17-14-25(15-18-37)23-43-33-19-27(13-16-36-33)31(21-34(39)40)26-9-10-26/h4-8,11-13,16,19-20,24-26,31H,9-10,14-15,17-18,21-23H2,1-3H3,(H,39,40). The van der Waals surface area contributed by atoms with Gasteiger partial charge in [-0.25, -0.2) is 4.98 Å². The number of nitrogens with zero attached hydrogens (tertiary/aromatic N) is 3. The lowest BCUT2D eigenvalue weighted by molar-refractivity contribution is -0.137. The molecule has 2 heterocycles. The number of carbonyl (C=O) groups excluding carboxylic acids is 1. The molecule has 8 nitrogen and oxygen atoms in total. The summed E-state index contributed by atoms with van der Waals surface area (Å²) in [5, 5.41) is 9.38. The number of hydrogen-bond acceptors (Lipinski definition) is 6. The molecule has 1 amide bonds. The van der Waals surface area contributed by atoms with Crippen molar-refractivity contribution in [1.29, 1.82) is 0 Å². The van der Waals surface area contributed by atoms with E-state index in [9.17, 15) is 14.7 Å². The third-order valence-corrected chi connectivity index (χ3v) is 8.49. The molecule has 0 spiro atoms. The van der Waals surface area contributed by atoms with Gasteiger partial charge in [-0.2, -0.15) is 0 Å². The Balaban J connectivity index is 1.25. The molecule has 1 unspecified atom stereocenters. The van der Waals surface area contributed by atoms with Crippen LogP contribution in [0.25, 0.3) is 0 Å². The van der Waals surface area contributed by atoms with Gasteiger partial charge in [-0.05, 0) is 85.3 Å². The monoisotopic (exact) mass is 585 g/mol. The largest absolute Gasteiger partial charge is 0.497 e. The van der Waals surface area contributed by atoms with Crippen molar-refractivity contribution in [2.75, 3.05) is 43.2 Å². The highest BCUT2D eigenvalue weighted by molar-refractivity contribution is 6.10. The number of carboxylic acid groups (broad SMARTS) is 1. The zero-order chi connectivity index (χ0) is 30.3. The van der Waals surface area contributed by atoms with Crippen LogP contribution >= 0.6 is 0 Å². The lowest BCUT2D eigenvalue weighted by Crippen LogP contribution is -2.39. The fourth-order valence-electron chi connectivity index (χ4n) is 6.03. The fraction of sp³-hybridized carbons (Fsp3) is 0.457. The van der Waals surface area contributed by atoms with Crippen LogP contribution in [0.4, 0.5) is 11.4 Å². The summed E-state index contributed by atoms with van der Waals surface area (Å²) in [6.07, 6.45) is 5.87. The lowest BCUT2D eigenvalue weighted by atomic mass is 9.92. The van der Waals surface area contributed by atoms with Crippen molar-refractivity contribution in [3.8, 4) is 11.6 Å². The molecule has 1 aromatic heterocycles. The second-order valence-corrected chi connectivity index (χ2v) is 12.2. The molecular weight excluding hydrogens is 542 g/mol. The first-order chi connectivity index (χ1) is 20.8. The third-order valence-electron chi connectivity index (χ3n) is 8.49. The Morgan fingerprint density at radius 1 is 1.02 bits per heavy atom. The number of amides is 1. The van der Waals surface area contributed by atoms with Crippen LogP contribution in [0.1, 0.15) is 67.8 Å². The first-order valence-corrected chi connectivity index (χ1v) is 15.4. The van der Waals surface area contributed by atoms with Gasteiger partial charge in [0.05, 0.1) is 31.4 Å². The SMILES string of the molecule is COc1ccc(C(=O)N(CC(C)C)c2ccccc2)c(N2CCC(COc3cc(C(CC(=O)O)C4CC4)ccn3)CC2)c1. The summed E-state index contributed by atoms with van der Waals surface area (Å²) in [4.78, 5) is 34.0. The molecule has 1 saturated heterocycles. The third kappa shape index (κ3) is 7.86. The van der Waals surface area contributed by atoms with Crippen LogP contribution in [-0.4, -0.2) is 55.3 Å². The van der Waals surface area contributed by atoms with Crippen LogP contribution in [0.3, 0.4) is 0 Å². The Bertz CT molecular complexity index is 1380. The fourth-order valence-corrected chi connectivity index (χ4v) is 6.03. The van der Waals surface area contributed by atoms with Crippen LogP contribution < -0.4 is 19.3 Å². The quantitative estimate of drug-likeness (QED) is 0.240. The van der Waals surface area contributed by atoms with Gasteiger partial charge >= 0.3 is 5.97 Å². The Hall–Kier alpha value is -4.07. The summed E-state index contributed by atoms with van der Waals surface area (Å²) in [6, 6.07) is 19.4. The molecule has 1 aliphatic heterocycles. The summed E-state index contributed by atoms with van der Waals surface area (Å²) < 4.78 is 11.7. The van der Waals surface area contributed by atoms with E-state index in [2.05, 4.69) is 23.7 Å². The lowest BCUT2D eigenvalue weighted by Gasteiger charge is -2.35. The predicted octanol–water partition coefficient (Wildman–Crippen LogP) is 6.66. The van der Waals surface area contributed by atoms with E-state index in [1.54, 1.807) is 13.3 Å². The Labute approximate surface area is 254 Å².